The first kappa shape index (κ1) is 14.1. The van der Waals surface area contributed by atoms with E-state index in [2.05, 4.69) is 10.3 Å². The summed E-state index contributed by atoms with van der Waals surface area (Å²) in [6.45, 7) is 0. The van der Waals surface area contributed by atoms with Crippen molar-refractivity contribution < 1.29 is 19.8 Å². The fraction of sp³-hybridized carbons (Fsp3) is 0. The first-order valence-electron chi connectivity index (χ1n) is 6.23. The Morgan fingerprint density at radius 2 is 1.59 bits per heavy atom. The van der Waals surface area contributed by atoms with Crippen LogP contribution in [0.4, 0.5) is 5.82 Å². The van der Waals surface area contributed by atoms with Crippen LogP contribution < -0.4 is 5.32 Å². The summed E-state index contributed by atoms with van der Waals surface area (Å²) in [5.74, 6) is -1.95. The summed E-state index contributed by atoms with van der Waals surface area (Å²) in [7, 11) is 0. The highest BCUT2D eigenvalue weighted by Crippen LogP contribution is 2.38. The molecule has 0 bridgehead atoms. The predicted octanol–water partition coefficient (Wildman–Crippen LogP) is 2.43. The summed E-state index contributed by atoms with van der Waals surface area (Å²) in [4.78, 5) is 28.7. The Morgan fingerprint density at radius 1 is 0.955 bits per heavy atom. The van der Waals surface area contributed by atoms with Crippen LogP contribution in [-0.2, 0) is 0 Å². The lowest BCUT2D eigenvalue weighted by molar-refractivity contribution is 0.0977. The lowest BCUT2D eigenvalue weighted by atomic mass is 9.90. The quantitative estimate of drug-likeness (QED) is 0.736. The number of nitrogens with zero attached hydrogens (tertiary/aromatic N) is 1. The summed E-state index contributed by atoms with van der Waals surface area (Å²) in [6.07, 6.45) is 1.50. The van der Waals surface area contributed by atoms with E-state index < -0.39 is 23.1 Å². The molecule has 110 valence electrons. The Balaban J connectivity index is 2.14. The van der Waals surface area contributed by atoms with Crippen molar-refractivity contribution in [2.45, 2.75) is 0 Å². The predicted molar refractivity (Wildman–Crippen MR) is 79.2 cm³/mol. The van der Waals surface area contributed by atoms with E-state index in [1.54, 1.807) is 18.2 Å². The number of hydrogen-bond acceptors (Lipinski definition) is 6. The van der Waals surface area contributed by atoms with Gasteiger partial charge < -0.3 is 15.5 Å². The van der Waals surface area contributed by atoms with Crippen molar-refractivity contribution >= 4 is 29.0 Å². The van der Waals surface area contributed by atoms with Crippen molar-refractivity contribution in [3.63, 3.8) is 0 Å². The Hall–Kier alpha value is -2.86. The Kier molecular flexibility index (Phi) is 3.30. The van der Waals surface area contributed by atoms with E-state index in [1.165, 1.54) is 6.20 Å². The Morgan fingerprint density at radius 3 is 2.18 bits per heavy atom. The molecule has 0 aliphatic heterocycles. The average Bonchev–Trinajstić information content (AvgIpc) is 2.52. The molecule has 0 unspecified atom stereocenters. The summed E-state index contributed by atoms with van der Waals surface area (Å²) < 4.78 is 0. The van der Waals surface area contributed by atoms with Gasteiger partial charge in [-0.2, -0.15) is 0 Å². The maximum atomic E-state index is 12.5. The minimum Gasteiger partial charge on any atom is -0.507 e. The fourth-order valence-electron chi connectivity index (χ4n) is 2.16. The standard InChI is InChI=1S/C15H9ClN2O4/c16-12-13(18-9-3-1-2-6-17-9)15(22)11-8(20)5-4-7(19)10(11)14(12)21/h1-6,19-20H,(H,17,18). The number of carbonyl (C=O) groups is 2. The molecule has 1 aromatic heterocycles. The number of halogens is 1. The van der Waals surface area contributed by atoms with E-state index in [1.807, 2.05) is 0 Å². The highest BCUT2D eigenvalue weighted by atomic mass is 35.5. The zero-order chi connectivity index (χ0) is 15.9. The van der Waals surface area contributed by atoms with Gasteiger partial charge in [-0.3, -0.25) is 9.59 Å². The van der Waals surface area contributed by atoms with Crippen LogP contribution in [0.5, 0.6) is 11.5 Å². The number of phenols is 2. The summed E-state index contributed by atoms with van der Waals surface area (Å²) >= 11 is 5.96. The number of Topliss-reactive ketones (excluding diaryl/α,β-unsaturated/α-hetero) is 2. The van der Waals surface area contributed by atoms with Crippen LogP contribution in [0, 0.1) is 0 Å². The molecule has 1 aliphatic rings. The minimum atomic E-state index is -0.747. The number of phenolic OH excluding ortho intramolecular Hbond substituents is 2. The third-order valence-corrected chi connectivity index (χ3v) is 3.54. The molecular formula is C15H9ClN2O4. The molecule has 0 saturated heterocycles. The molecule has 0 spiro atoms. The molecular weight excluding hydrogens is 308 g/mol. The van der Waals surface area contributed by atoms with Crippen molar-refractivity contribution in [1.29, 1.82) is 0 Å². The second-order valence-corrected chi connectivity index (χ2v) is 4.92. The molecule has 7 heteroatoms. The number of aromatic hydroxyl groups is 2. The van der Waals surface area contributed by atoms with E-state index in [0.717, 1.165) is 12.1 Å². The van der Waals surface area contributed by atoms with Crippen molar-refractivity contribution in [2.24, 2.45) is 0 Å². The van der Waals surface area contributed by atoms with Gasteiger partial charge in [-0.1, -0.05) is 17.7 Å². The first-order valence-corrected chi connectivity index (χ1v) is 6.60. The lowest BCUT2D eigenvalue weighted by Gasteiger charge is -2.20. The van der Waals surface area contributed by atoms with Crippen molar-refractivity contribution in [1.82, 2.24) is 4.98 Å². The van der Waals surface area contributed by atoms with Crippen LogP contribution >= 0.6 is 11.6 Å². The first-order chi connectivity index (χ1) is 10.5. The number of anilines is 1. The molecule has 1 aliphatic carbocycles. The SMILES string of the molecule is O=C1C(Cl)=C(Nc2ccccn2)C(=O)c2c(O)ccc(O)c21. The second kappa shape index (κ2) is 5.16. The lowest BCUT2D eigenvalue weighted by Crippen LogP contribution is -2.24. The summed E-state index contributed by atoms with van der Waals surface area (Å²) in [6, 6.07) is 7.23. The summed E-state index contributed by atoms with van der Waals surface area (Å²) in [5.41, 5.74) is -0.784. The van der Waals surface area contributed by atoms with Crippen LogP contribution in [0.3, 0.4) is 0 Å². The average molecular weight is 317 g/mol. The van der Waals surface area contributed by atoms with Crippen molar-refractivity contribution in [3.8, 4) is 11.5 Å². The molecule has 0 atom stereocenters. The number of aromatic nitrogens is 1. The van der Waals surface area contributed by atoms with E-state index in [4.69, 9.17) is 11.6 Å². The molecule has 2 aromatic rings. The number of hydrogen-bond donors (Lipinski definition) is 3. The van der Waals surface area contributed by atoms with E-state index in [-0.39, 0.29) is 21.9 Å². The maximum absolute atomic E-state index is 12.5. The molecule has 0 fully saturated rings. The van der Waals surface area contributed by atoms with E-state index in [9.17, 15) is 19.8 Å². The minimum absolute atomic E-state index is 0.196. The van der Waals surface area contributed by atoms with Gasteiger partial charge in [0.05, 0.1) is 11.1 Å². The molecule has 6 nitrogen and oxygen atoms in total. The monoisotopic (exact) mass is 316 g/mol. The number of ketones is 2. The molecule has 22 heavy (non-hydrogen) atoms. The number of pyridine rings is 1. The van der Waals surface area contributed by atoms with Crippen LogP contribution in [-0.4, -0.2) is 26.8 Å². The van der Waals surface area contributed by atoms with Crippen LogP contribution in [0.1, 0.15) is 20.7 Å². The number of benzene rings is 1. The van der Waals surface area contributed by atoms with Crippen LogP contribution in [0.2, 0.25) is 0 Å². The van der Waals surface area contributed by atoms with Gasteiger partial charge >= 0.3 is 0 Å². The fourth-order valence-corrected chi connectivity index (χ4v) is 2.39. The molecule has 0 amide bonds. The van der Waals surface area contributed by atoms with E-state index >= 15 is 0 Å². The zero-order valence-corrected chi connectivity index (χ0v) is 11.8. The second-order valence-electron chi connectivity index (χ2n) is 4.54. The van der Waals surface area contributed by atoms with Gasteiger partial charge in [0.25, 0.3) is 0 Å². The Labute approximate surface area is 129 Å². The molecule has 3 rings (SSSR count). The number of allylic oxidation sites excluding steroid dienone is 2. The van der Waals surface area contributed by atoms with Gasteiger partial charge in [0.2, 0.25) is 11.6 Å². The topological polar surface area (TPSA) is 99.5 Å². The van der Waals surface area contributed by atoms with Gasteiger partial charge in [0.1, 0.15) is 28.0 Å². The molecule has 0 radical (unpaired) electrons. The van der Waals surface area contributed by atoms with Gasteiger partial charge in [0.15, 0.2) is 0 Å². The Bertz CT molecular complexity index is 831. The highest BCUT2D eigenvalue weighted by Gasteiger charge is 2.36. The number of fused-ring (bicyclic) bond motifs is 1. The molecule has 3 N–H and O–H groups in total. The maximum Gasteiger partial charge on any atom is 0.215 e. The van der Waals surface area contributed by atoms with E-state index in [0.29, 0.717) is 5.82 Å². The largest absolute Gasteiger partial charge is 0.507 e. The number of rotatable bonds is 2. The highest BCUT2D eigenvalue weighted by molar-refractivity contribution is 6.50. The normalized spacial score (nSPS) is 14.0. The summed E-state index contributed by atoms with van der Waals surface area (Å²) in [5, 5.41) is 21.9. The number of nitrogens with one attached hydrogen (secondary N) is 1. The van der Waals surface area contributed by atoms with Gasteiger partial charge in [-0.25, -0.2) is 4.98 Å². The number of carbonyl (C=O) groups excluding carboxylic acids is 2. The van der Waals surface area contributed by atoms with Crippen LogP contribution in [0.25, 0.3) is 0 Å². The molecule has 1 aromatic carbocycles. The molecule has 1 heterocycles. The van der Waals surface area contributed by atoms with Gasteiger partial charge in [-0.15, -0.1) is 0 Å². The smallest absolute Gasteiger partial charge is 0.215 e. The third kappa shape index (κ3) is 2.10. The molecule has 0 saturated carbocycles. The zero-order valence-electron chi connectivity index (χ0n) is 11.0. The van der Waals surface area contributed by atoms with Crippen molar-refractivity contribution in [2.75, 3.05) is 5.32 Å². The van der Waals surface area contributed by atoms with Gasteiger partial charge in [-0.05, 0) is 24.3 Å². The van der Waals surface area contributed by atoms with Crippen LogP contribution in [0.15, 0.2) is 47.3 Å². The van der Waals surface area contributed by atoms with Crippen molar-refractivity contribution in [3.05, 3.63) is 58.4 Å². The third-order valence-electron chi connectivity index (χ3n) is 3.18. The van der Waals surface area contributed by atoms with Gasteiger partial charge in [0, 0.05) is 6.20 Å².